The first-order valence-corrected chi connectivity index (χ1v) is 6.42. The average molecular weight is 265 g/mol. The van der Waals surface area contributed by atoms with Crippen LogP contribution in [0.4, 0.5) is 0 Å². The Bertz CT molecular complexity index is 412. The standard InChI is InChI=1S/C13H19N3O3/c1-10-4-2-3-7-16(10)9-11(8-14)13(19)15-6-5-12(17)18/h9-10H,2-7H2,1H3,(H,15,19)(H,17,18)/b11-9-. The summed E-state index contributed by atoms with van der Waals surface area (Å²) < 4.78 is 0. The van der Waals surface area contributed by atoms with Gasteiger partial charge in [0.1, 0.15) is 11.6 Å². The van der Waals surface area contributed by atoms with Gasteiger partial charge in [0, 0.05) is 25.3 Å². The Morgan fingerprint density at radius 2 is 2.26 bits per heavy atom. The Morgan fingerprint density at radius 3 is 2.84 bits per heavy atom. The molecule has 2 N–H and O–H groups in total. The first-order valence-electron chi connectivity index (χ1n) is 6.42. The second kappa shape index (κ2) is 7.41. The second-order valence-electron chi connectivity index (χ2n) is 4.64. The van der Waals surface area contributed by atoms with Crippen molar-refractivity contribution in [3.63, 3.8) is 0 Å². The zero-order valence-corrected chi connectivity index (χ0v) is 11.1. The van der Waals surface area contributed by atoms with E-state index in [0.29, 0.717) is 6.04 Å². The highest BCUT2D eigenvalue weighted by molar-refractivity contribution is 5.97. The summed E-state index contributed by atoms with van der Waals surface area (Å²) in [6.07, 6.45) is 4.71. The molecule has 0 spiro atoms. The molecule has 1 fully saturated rings. The molecule has 1 rings (SSSR count). The van der Waals surface area contributed by atoms with E-state index >= 15 is 0 Å². The Labute approximate surface area is 112 Å². The van der Waals surface area contributed by atoms with Crippen LogP contribution in [0.5, 0.6) is 0 Å². The predicted octanol–water partition coefficient (Wildman–Crippen LogP) is 0.859. The summed E-state index contributed by atoms with van der Waals surface area (Å²) >= 11 is 0. The summed E-state index contributed by atoms with van der Waals surface area (Å²) in [6.45, 7) is 2.93. The van der Waals surface area contributed by atoms with Crippen molar-refractivity contribution in [3.8, 4) is 6.07 Å². The van der Waals surface area contributed by atoms with Crippen molar-refractivity contribution in [2.75, 3.05) is 13.1 Å². The van der Waals surface area contributed by atoms with Crippen molar-refractivity contribution in [3.05, 3.63) is 11.8 Å². The van der Waals surface area contributed by atoms with E-state index in [1.165, 1.54) is 0 Å². The van der Waals surface area contributed by atoms with Crippen molar-refractivity contribution in [2.45, 2.75) is 38.6 Å². The van der Waals surface area contributed by atoms with E-state index in [-0.39, 0.29) is 18.5 Å². The number of nitrogens with zero attached hydrogens (tertiary/aromatic N) is 2. The molecule has 1 amide bonds. The van der Waals surface area contributed by atoms with E-state index in [2.05, 4.69) is 12.2 Å². The van der Waals surface area contributed by atoms with Crippen LogP contribution in [0, 0.1) is 11.3 Å². The van der Waals surface area contributed by atoms with Gasteiger partial charge in [-0.05, 0) is 26.2 Å². The summed E-state index contributed by atoms with van der Waals surface area (Å²) in [7, 11) is 0. The maximum atomic E-state index is 11.7. The number of rotatable bonds is 5. The van der Waals surface area contributed by atoms with Gasteiger partial charge in [-0.25, -0.2) is 0 Å². The average Bonchev–Trinajstić information content (AvgIpc) is 2.37. The molecule has 1 unspecified atom stereocenters. The first-order chi connectivity index (χ1) is 9.04. The lowest BCUT2D eigenvalue weighted by Gasteiger charge is -2.32. The second-order valence-corrected chi connectivity index (χ2v) is 4.64. The molecule has 1 saturated heterocycles. The minimum absolute atomic E-state index is 0.0270. The number of likely N-dealkylation sites (tertiary alicyclic amines) is 1. The van der Waals surface area contributed by atoms with Crippen LogP contribution < -0.4 is 5.32 Å². The number of nitriles is 1. The van der Waals surface area contributed by atoms with E-state index in [0.717, 1.165) is 25.8 Å². The van der Waals surface area contributed by atoms with Crippen LogP contribution in [0.15, 0.2) is 11.8 Å². The lowest BCUT2D eigenvalue weighted by atomic mass is 10.0. The number of carbonyl (C=O) groups excluding carboxylic acids is 1. The molecular weight excluding hydrogens is 246 g/mol. The molecular formula is C13H19N3O3. The molecule has 0 radical (unpaired) electrons. The SMILES string of the molecule is CC1CCCCN1/C=C(/C#N)C(=O)NCCC(=O)O. The van der Waals surface area contributed by atoms with Crippen LogP contribution in [-0.4, -0.2) is 41.0 Å². The van der Waals surface area contributed by atoms with Crippen LogP contribution in [0.25, 0.3) is 0 Å². The zero-order chi connectivity index (χ0) is 14.3. The predicted molar refractivity (Wildman–Crippen MR) is 69.0 cm³/mol. The minimum Gasteiger partial charge on any atom is -0.481 e. The molecule has 6 heteroatoms. The van der Waals surface area contributed by atoms with Gasteiger partial charge in [0.2, 0.25) is 0 Å². The summed E-state index contributed by atoms with van der Waals surface area (Å²) in [5, 5.41) is 19.9. The third-order valence-electron chi connectivity index (χ3n) is 3.14. The van der Waals surface area contributed by atoms with Gasteiger partial charge in [0.25, 0.3) is 5.91 Å². The molecule has 0 aliphatic carbocycles. The third-order valence-corrected chi connectivity index (χ3v) is 3.14. The van der Waals surface area contributed by atoms with Gasteiger partial charge in [-0.1, -0.05) is 0 Å². The van der Waals surface area contributed by atoms with Gasteiger partial charge in [0.15, 0.2) is 0 Å². The summed E-state index contributed by atoms with van der Waals surface area (Å²) in [4.78, 5) is 24.1. The Balaban J connectivity index is 2.58. The van der Waals surface area contributed by atoms with Crippen molar-refractivity contribution in [1.82, 2.24) is 10.2 Å². The molecule has 1 atom stereocenters. The fourth-order valence-corrected chi connectivity index (χ4v) is 1.99. The molecule has 6 nitrogen and oxygen atoms in total. The molecule has 0 saturated carbocycles. The molecule has 0 aromatic carbocycles. The lowest BCUT2D eigenvalue weighted by Crippen LogP contribution is -2.35. The van der Waals surface area contributed by atoms with E-state index in [9.17, 15) is 9.59 Å². The van der Waals surface area contributed by atoms with E-state index in [4.69, 9.17) is 10.4 Å². The Morgan fingerprint density at radius 1 is 1.53 bits per heavy atom. The van der Waals surface area contributed by atoms with Gasteiger partial charge in [-0.3, -0.25) is 9.59 Å². The number of carbonyl (C=O) groups is 2. The smallest absolute Gasteiger partial charge is 0.305 e. The summed E-state index contributed by atoms with van der Waals surface area (Å²) in [5.74, 6) is -1.49. The van der Waals surface area contributed by atoms with Crippen LogP contribution in [0.2, 0.25) is 0 Å². The Kier molecular flexibility index (Phi) is 5.86. The summed E-state index contributed by atoms with van der Waals surface area (Å²) in [5.41, 5.74) is 0.0270. The highest BCUT2D eigenvalue weighted by atomic mass is 16.4. The number of hydrogen-bond donors (Lipinski definition) is 2. The zero-order valence-electron chi connectivity index (χ0n) is 11.1. The van der Waals surface area contributed by atoms with Gasteiger partial charge < -0.3 is 15.3 Å². The number of hydrogen-bond acceptors (Lipinski definition) is 4. The number of amides is 1. The fraction of sp³-hybridized carbons (Fsp3) is 0.615. The molecule has 104 valence electrons. The quantitative estimate of drug-likeness (QED) is 0.568. The normalized spacial score (nSPS) is 19.7. The highest BCUT2D eigenvalue weighted by Gasteiger charge is 2.18. The molecule has 0 aromatic rings. The van der Waals surface area contributed by atoms with Crippen LogP contribution in [0.3, 0.4) is 0 Å². The molecule has 0 bridgehead atoms. The largest absolute Gasteiger partial charge is 0.481 e. The first kappa shape index (κ1) is 15.0. The third kappa shape index (κ3) is 5.00. The monoisotopic (exact) mass is 265 g/mol. The van der Waals surface area contributed by atoms with Gasteiger partial charge in [0.05, 0.1) is 6.42 Å². The molecule has 1 heterocycles. The van der Waals surface area contributed by atoms with Crippen molar-refractivity contribution >= 4 is 11.9 Å². The van der Waals surface area contributed by atoms with Crippen LogP contribution in [0.1, 0.15) is 32.6 Å². The maximum Gasteiger partial charge on any atom is 0.305 e. The lowest BCUT2D eigenvalue weighted by molar-refractivity contribution is -0.136. The van der Waals surface area contributed by atoms with Crippen LogP contribution >= 0.6 is 0 Å². The minimum atomic E-state index is -0.979. The van der Waals surface area contributed by atoms with Crippen molar-refractivity contribution < 1.29 is 14.7 Å². The van der Waals surface area contributed by atoms with E-state index in [1.54, 1.807) is 6.20 Å². The van der Waals surface area contributed by atoms with Crippen molar-refractivity contribution in [2.24, 2.45) is 0 Å². The van der Waals surface area contributed by atoms with Gasteiger partial charge in [-0.15, -0.1) is 0 Å². The number of carboxylic acid groups (broad SMARTS) is 1. The molecule has 1 aliphatic heterocycles. The fourth-order valence-electron chi connectivity index (χ4n) is 1.99. The highest BCUT2D eigenvalue weighted by Crippen LogP contribution is 2.17. The van der Waals surface area contributed by atoms with E-state index in [1.807, 2.05) is 11.0 Å². The topological polar surface area (TPSA) is 93.4 Å². The molecule has 0 aromatic heterocycles. The van der Waals surface area contributed by atoms with Crippen LogP contribution in [-0.2, 0) is 9.59 Å². The van der Waals surface area contributed by atoms with Gasteiger partial charge in [-0.2, -0.15) is 5.26 Å². The molecule has 1 aliphatic rings. The number of carboxylic acids is 1. The van der Waals surface area contributed by atoms with Crippen molar-refractivity contribution in [1.29, 1.82) is 5.26 Å². The maximum absolute atomic E-state index is 11.7. The van der Waals surface area contributed by atoms with Gasteiger partial charge >= 0.3 is 5.97 Å². The number of aliphatic carboxylic acids is 1. The summed E-state index contributed by atoms with van der Waals surface area (Å²) in [6, 6.07) is 2.19. The number of piperidine rings is 1. The molecule has 19 heavy (non-hydrogen) atoms. The van der Waals surface area contributed by atoms with E-state index < -0.39 is 11.9 Å². The Hall–Kier alpha value is -2.03. The number of nitrogens with one attached hydrogen (secondary N) is 1.